The van der Waals surface area contributed by atoms with Crippen molar-refractivity contribution in [2.75, 3.05) is 10.8 Å². The first-order valence-corrected chi connectivity index (χ1v) is 13.0. The second kappa shape index (κ2) is 10.6. The number of carbonyl (C=O) groups excluding carboxylic acids is 1. The highest BCUT2D eigenvalue weighted by atomic mass is 35.5. The molecule has 0 radical (unpaired) electrons. The van der Waals surface area contributed by atoms with Crippen LogP contribution in [0.5, 0.6) is 0 Å². The van der Waals surface area contributed by atoms with Crippen molar-refractivity contribution in [2.45, 2.75) is 44.9 Å². The van der Waals surface area contributed by atoms with Crippen LogP contribution in [0.15, 0.2) is 82.8 Å². The van der Waals surface area contributed by atoms with Crippen molar-refractivity contribution in [3.8, 4) is 0 Å². The minimum Gasteiger partial charge on any atom is -0.271 e. The lowest BCUT2D eigenvalue weighted by molar-refractivity contribution is -0.119. The lowest BCUT2D eigenvalue weighted by atomic mass is 9.86. The predicted molar refractivity (Wildman–Crippen MR) is 143 cm³/mol. The number of rotatable bonds is 7. The molecular formula is C27H30ClN3O3S. The number of nitrogens with zero attached hydrogens (tertiary/aromatic N) is 2. The third-order valence-corrected chi connectivity index (χ3v) is 7.57. The highest BCUT2D eigenvalue weighted by Gasteiger charge is 2.27. The van der Waals surface area contributed by atoms with Crippen LogP contribution in [0.25, 0.3) is 0 Å². The molecule has 3 rings (SSSR count). The van der Waals surface area contributed by atoms with Crippen LogP contribution in [0.4, 0.5) is 5.69 Å². The van der Waals surface area contributed by atoms with Crippen molar-refractivity contribution in [1.82, 2.24) is 5.43 Å². The fraction of sp³-hybridized carbons (Fsp3) is 0.259. The Morgan fingerprint density at radius 1 is 0.943 bits per heavy atom. The third kappa shape index (κ3) is 6.71. The average Bonchev–Trinajstić information content (AvgIpc) is 2.81. The number of halogens is 1. The van der Waals surface area contributed by atoms with Gasteiger partial charge in [-0.3, -0.25) is 9.10 Å². The van der Waals surface area contributed by atoms with E-state index in [-0.39, 0.29) is 10.3 Å². The molecule has 0 unspecified atom stereocenters. The van der Waals surface area contributed by atoms with Gasteiger partial charge in [-0.05, 0) is 66.8 Å². The van der Waals surface area contributed by atoms with Crippen LogP contribution >= 0.6 is 11.6 Å². The molecule has 0 aliphatic heterocycles. The van der Waals surface area contributed by atoms with Crippen molar-refractivity contribution in [1.29, 1.82) is 0 Å². The van der Waals surface area contributed by atoms with E-state index < -0.39 is 22.5 Å². The summed E-state index contributed by atoms with van der Waals surface area (Å²) in [6.07, 6.45) is 0. The standard InChI is InChI=1S/C27H30ClN3O3S/c1-19-6-16-25(17-7-19)35(33,34)31(24-14-12-23(28)13-15-24)18-26(32)30-29-20(2)21-8-10-22(11-9-21)27(3,4)5/h6-17H,18H2,1-5H3,(H,30,32)/b29-20-. The largest absolute Gasteiger partial charge is 0.271 e. The first-order chi connectivity index (χ1) is 16.4. The number of hydrazone groups is 1. The number of amides is 1. The van der Waals surface area contributed by atoms with Crippen LogP contribution in [-0.2, 0) is 20.2 Å². The highest BCUT2D eigenvalue weighted by molar-refractivity contribution is 7.92. The summed E-state index contributed by atoms with van der Waals surface area (Å²) in [4.78, 5) is 12.9. The van der Waals surface area contributed by atoms with Gasteiger partial charge in [-0.25, -0.2) is 13.8 Å². The Kier molecular flexibility index (Phi) is 8.03. The van der Waals surface area contributed by atoms with Gasteiger partial charge in [0.1, 0.15) is 6.54 Å². The van der Waals surface area contributed by atoms with Crippen LogP contribution < -0.4 is 9.73 Å². The summed E-state index contributed by atoms with van der Waals surface area (Å²) in [6, 6.07) is 20.7. The van der Waals surface area contributed by atoms with E-state index >= 15 is 0 Å². The van der Waals surface area contributed by atoms with Crippen molar-refractivity contribution >= 4 is 38.9 Å². The maximum Gasteiger partial charge on any atom is 0.264 e. The molecule has 3 aromatic rings. The molecule has 0 spiro atoms. The van der Waals surface area contributed by atoms with Crippen molar-refractivity contribution in [2.24, 2.45) is 5.10 Å². The number of hydrogen-bond acceptors (Lipinski definition) is 4. The van der Waals surface area contributed by atoms with Crippen LogP contribution in [0.2, 0.25) is 5.02 Å². The second-order valence-electron chi connectivity index (χ2n) is 9.36. The number of nitrogens with one attached hydrogen (secondary N) is 1. The SMILES string of the molecule is C/C(=N/NC(=O)CN(c1ccc(Cl)cc1)S(=O)(=O)c1ccc(C)cc1)c1ccc(C(C)(C)C)cc1. The van der Waals surface area contributed by atoms with Gasteiger partial charge in [0, 0.05) is 5.02 Å². The minimum absolute atomic E-state index is 0.0336. The van der Waals surface area contributed by atoms with E-state index in [4.69, 9.17) is 11.6 Å². The molecule has 6 nitrogen and oxygen atoms in total. The minimum atomic E-state index is -4.01. The summed E-state index contributed by atoms with van der Waals surface area (Å²) < 4.78 is 27.9. The van der Waals surface area contributed by atoms with Gasteiger partial charge in [-0.2, -0.15) is 5.10 Å². The van der Waals surface area contributed by atoms with Gasteiger partial charge >= 0.3 is 0 Å². The summed E-state index contributed by atoms with van der Waals surface area (Å²) in [5.41, 5.74) is 6.44. The molecule has 0 saturated heterocycles. The van der Waals surface area contributed by atoms with Gasteiger partial charge in [0.25, 0.3) is 15.9 Å². The van der Waals surface area contributed by atoms with Crippen LogP contribution in [0, 0.1) is 6.92 Å². The molecule has 3 aromatic carbocycles. The zero-order valence-electron chi connectivity index (χ0n) is 20.5. The first-order valence-electron chi connectivity index (χ1n) is 11.2. The summed E-state index contributed by atoms with van der Waals surface area (Å²) in [6.45, 7) is 9.63. The molecular weight excluding hydrogens is 482 g/mol. The number of sulfonamides is 1. The van der Waals surface area contributed by atoms with E-state index in [0.717, 1.165) is 15.4 Å². The molecule has 0 saturated carbocycles. The van der Waals surface area contributed by atoms with Crippen LogP contribution in [0.1, 0.15) is 44.4 Å². The number of anilines is 1. The zero-order chi connectivity index (χ0) is 25.8. The smallest absolute Gasteiger partial charge is 0.264 e. The highest BCUT2D eigenvalue weighted by Crippen LogP contribution is 2.25. The fourth-order valence-corrected chi connectivity index (χ4v) is 4.89. The van der Waals surface area contributed by atoms with E-state index in [2.05, 4.69) is 31.3 Å². The lowest BCUT2D eigenvalue weighted by Crippen LogP contribution is -2.39. The second-order valence-corrected chi connectivity index (χ2v) is 11.7. The molecule has 35 heavy (non-hydrogen) atoms. The topological polar surface area (TPSA) is 78.8 Å². The maximum absolute atomic E-state index is 13.4. The van der Waals surface area contributed by atoms with Crippen LogP contribution in [0.3, 0.4) is 0 Å². The molecule has 184 valence electrons. The van der Waals surface area contributed by atoms with E-state index in [1.165, 1.54) is 17.7 Å². The average molecular weight is 512 g/mol. The summed E-state index contributed by atoms with van der Waals surface area (Å²) >= 11 is 5.98. The van der Waals surface area contributed by atoms with E-state index in [1.807, 2.05) is 31.2 Å². The molecule has 0 aromatic heterocycles. The van der Waals surface area contributed by atoms with Gasteiger partial charge in [0.15, 0.2) is 0 Å². The van der Waals surface area contributed by atoms with Gasteiger partial charge in [0.05, 0.1) is 16.3 Å². The third-order valence-electron chi connectivity index (χ3n) is 5.53. The Bertz CT molecular complexity index is 1310. The van der Waals surface area contributed by atoms with E-state index in [0.29, 0.717) is 16.4 Å². The molecule has 8 heteroatoms. The van der Waals surface area contributed by atoms with Gasteiger partial charge in [0.2, 0.25) is 0 Å². The quantitative estimate of drug-likeness (QED) is 0.327. The first kappa shape index (κ1) is 26.4. The molecule has 0 aliphatic rings. The van der Waals surface area contributed by atoms with Gasteiger partial charge in [-0.1, -0.05) is 74.3 Å². The Morgan fingerprint density at radius 3 is 2.06 bits per heavy atom. The Balaban J connectivity index is 1.82. The predicted octanol–water partition coefficient (Wildman–Crippen LogP) is 5.68. The molecule has 0 fully saturated rings. The molecule has 1 amide bonds. The summed E-state index contributed by atoms with van der Waals surface area (Å²) in [7, 11) is -4.01. The summed E-state index contributed by atoms with van der Waals surface area (Å²) in [5.74, 6) is -0.568. The van der Waals surface area contributed by atoms with Crippen molar-refractivity contribution in [3.63, 3.8) is 0 Å². The Labute approximate surface area is 212 Å². The van der Waals surface area contributed by atoms with Crippen molar-refractivity contribution < 1.29 is 13.2 Å². The zero-order valence-corrected chi connectivity index (χ0v) is 22.1. The van der Waals surface area contributed by atoms with Crippen molar-refractivity contribution in [3.05, 3.63) is 94.5 Å². The number of benzene rings is 3. The number of hydrogen-bond donors (Lipinski definition) is 1. The lowest BCUT2D eigenvalue weighted by Gasteiger charge is -2.24. The van der Waals surface area contributed by atoms with Gasteiger partial charge < -0.3 is 0 Å². The maximum atomic E-state index is 13.4. The normalized spacial score (nSPS) is 12.3. The Morgan fingerprint density at radius 2 is 1.51 bits per heavy atom. The summed E-state index contributed by atoms with van der Waals surface area (Å²) in [5, 5.41) is 4.65. The molecule has 0 heterocycles. The monoisotopic (exact) mass is 511 g/mol. The fourth-order valence-electron chi connectivity index (χ4n) is 3.35. The number of carbonyl (C=O) groups is 1. The Hall–Kier alpha value is -3.16. The molecule has 0 bridgehead atoms. The van der Waals surface area contributed by atoms with E-state index in [9.17, 15) is 13.2 Å². The van der Waals surface area contributed by atoms with E-state index in [1.54, 1.807) is 43.3 Å². The van der Waals surface area contributed by atoms with Crippen LogP contribution in [-0.4, -0.2) is 26.6 Å². The number of aryl methyl sites for hydroxylation is 1. The molecule has 0 atom stereocenters. The molecule has 0 aliphatic carbocycles. The van der Waals surface area contributed by atoms with Gasteiger partial charge in [-0.15, -0.1) is 0 Å². The molecule has 1 N–H and O–H groups in total.